The highest BCUT2D eigenvalue weighted by atomic mass is 32.2. The molecule has 0 bridgehead atoms. The molecule has 1 aromatic heterocycles. The third-order valence-corrected chi connectivity index (χ3v) is 7.18. The molecule has 0 N–H and O–H groups in total. The van der Waals surface area contributed by atoms with Gasteiger partial charge in [-0.05, 0) is 71.7 Å². The lowest BCUT2D eigenvalue weighted by atomic mass is 9.97. The summed E-state index contributed by atoms with van der Waals surface area (Å²) in [6.07, 6.45) is 0.149. The van der Waals surface area contributed by atoms with E-state index in [9.17, 15) is 26.0 Å². The Bertz CT molecular complexity index is 1390. The van der Waals surface area contributed by atoms with Gasteiger partial charge in [0.2, 0.25) is 5.88 Å². The van der Waals surface area contributed by atoms with Crippen molar-refractivity contribution in [3.8, 4) is 22.8 Å². The molecule has 0 fully saturated rings. The van der Waals surface area contributed by atoms with Crippen molar-refractivity contribution in [1.82, 2.24) is 4.98 Å². The van der Waals surface area contributed by atoms with E-state index in [1.807, 2.05) is 6.07 Å². The molecule has 0 aliphatic heterocycles. The van der Waals surface area contributed by atoms with E-state index in [-0.39, 0.29) is 47.8 Å². The van der Waals surface area contributed by atoms with Crippen LogP contribution >= 0.6 is 0 Å². The van der Waals surface area contributed by atoms with E-state index in [4.69, 9.17) is 9.47 Å². The first-order valence-electron chi connectivity index (χ1n) is 11.8. The van der Waals surface area contributed by atoms with Gasteiger partial charge in [-0.2, -0.15) is 13.2 Å². The van der Waals surface area contributed by atoms with Gasteiger partial charge < -0.3 is 9.47 Å². The fraction of sp³-hybridized carbons (Fsp3) is 0.370. The Morgan fingerprint density at radius 1 is 1.03 bits per heavy atom. The largest absolute Gasteiger partial charge is 0.494 e. The van der Waals surface area contributed by atoms with Gasteiger partial charge in [0.1, 0.15) is 28.0 Å². The highest BCUT2D eigenvalue weighted by Crippen LogP contribution is 2.39. The molecule has 198 valence electrons. The van der Waals surface area contributed by atoms with Crippen molar-refractivity contribution in [2.24, 2.45) is 5.92 Å². The van der Waals surface area contributed by atoms with Crippen molar-refractivity contribution in [2.75, 3.05) is 18.6 Å². The van der Waals surface area contributed by atoms with Crippen LogP contribution < -0.4 is 9.47 Å². The zero-order valence-electron chi connectivity index (χ0n) is 20.4. The number of aromatic nitrogens is 1. The summed E-state index contributed by atoms with van der Waals surface area (Å²) in [6, 6.07) is 9.06. The summed E-state index contributed by atoms with van der Waals surface area (Å²) >= 11 is 0. The van der Waals surface area contributed by atoms with E-state index in [1.54, 1.807) is 6.20 Å². The minimum atomic E-state index is -4.70. The Hall–Kier alpha value is -3.14. The number of hydrogen-bond acceptors (Lipinski definition) is 5. The quantitative estimate of drug-likeness (QED) is 0.246. The molecule has 3 aromatic rings. The van der Waals surface area contributed by atoms with Crippen LogP contribution in [0.1, 0.15) is 35.6 Å². The molecule has 1 aliphatic carbocycles. The van der Waals surface area contributed by atoms with Gasteiger partial charge in [0.15, 0.2) is 0 Å². The third-order valence-electron chi connectivity index (χ3n) is 6.15. The first-order valence-corrected chi connectivity index (χ1v) is 13.9. The molecule has 0 amide bonds. The second-order valence-electron chi connectivity index (χ2n) is 9.44. The summed E-state index contributed by atoms with van der Waals surface area (Å²) in [7, 11) is -3.19. The topological polar surface area (TPSA) is 65.5 Å². The smallest absolute Gasteiger partial charge is 0.417 e. The van der Waals surface area contributed by atoms with Gasteiger partial charge in [-0.1, -0.05) is 19.1 Å². The first kappa shape index (κ1) is 26.9. The minimum Gasteiger partial charge on any atom is -0.494 e. The lowest BCUT2D eigenvalue weighted by Crippen LogP contribution is -2.10. The number of ether oxygens (including phenoxy) is 2. The maximum atomic E-state index is 14.5. The molecule has 37 heavy (non-hydrogen) atoms. The summed E-state index contributed by atoms with van der Waals surface area (Å²) in [5, 5.41) is 0. The Labute approximate surface area is 213 Å². The van der Waals surface area contributed by atoms with Gasteiger partial charge in [0.05, 0.1) is 17.9 Å². The molecule has 5 nitrogen and oxygen atoms in total. The molecule has 0 radical (unpaired) electrons. The molecule has 1 atom stereocenters. The molecule has 10 heteroatoms. The van der Waals surface area contributed by atoms with E-state index in [0.717, 1.165) is 42.4 Å². The Kier molecular flexibility index (Phi) is 7.77. The maximum absolute atomic E-state index is 14.5. The number of halogens is 4. The zero-order chi connectivity index (χ0) is 26.8. The van der Waals surface area contributed by atoms with Crippen molar-refractivity contribution in [1.29, 1.82) is 0 Å². The maximum Gasteiger partial charge on any atom is 0.417 e. The molecule has 4 rings (SSSR count). The lowest BCUT2D eigenvalue weighted by molar-refractivity contribution is -0.137. The number of fused-ring (bicyclic) bond motifs is 1. The molecule has 1 heterocycles. The summed E-state index contributed by atoms with van der Waals surface area (Å²) in [4.78, 5) is 4.27. The van der Waals surface area contributed by atoms with Crippen LogP contribution in [0.5, 0.6) is 11.6 Å². The molecule has 0 saturated carbocycles. The number of nitrogens with zero attached hydrogens (tertiary/aromatic N) is 1. The number of sulfone groups is 1. The molecule has 1 aliphatic rings. The average Bonchev–Trinajstić information content (AvgIpc) is 3.19. The third kappa shape index (κ3) is 7.00. The lowest BCUT2D eigenvalue weighted by Gasteiger charge is -2.16. The molecular weight excluding hydrogens is 510 g/mol. The SMILES string of the molecule is CC1Cc2cnc(OCc3cc(-c4ccc(OCCCS(C)(=O)=O)cc4C(F)(F)F)ccc3F)cc2C1. The summed E-state index contributed by atoms with van der Waals surface area (Å²) in [5.74, 6) is 0.0991. The van der Waals surface area contributed by atoms with Gasteiger partial charge in [0.25, 0.3) is 0 Å². The predicted molar refractivity (Wildman–Crippen MR) is 132 cm³/mol. The van der Waals surface area contributed by atoms with Gasteiger partial charge in [-0.3, -0.25) is 0 Å². The molecule has 2 aromatic carbocycles. The Balaban J connectivity index is 1.53. The predicted octanol–water partition coefficient (Wildman–Crippen LogP) is 6.03. The van der Waals surface area contributed by atoms with Crippen LogP contribution in [0, 0.1) is 11.7 Å². The van der Waals surface area contributed by atoms with Crippen LogP contribution in [-0.2, 0) is 35.5 Å². The molecule has 1 unspecified atom stereocenters. The monoisotopic (exact) mass is 537 g/mol. The van der Waals surface area contributed by atoms with E-state index < -0.39 is 27.4 Å². The van der Waals surface area contributed by atoms with E-state index in [0.29, 0.717) is 11.8 Å². The summed E-state index contributed by atoms with van der Waals surface area (Å²) in [6.45, 7) is 1.91. The Morgan fingerprint density at radius 2 is 1.78 bits per heavy atom. The normalized spacial score (nSPS) is 15.5. The van der Waals surface area contributed by atoms with Crippen molar-refractivity contribution in [3.63, 3.8) is 0 Å². The van der Waals surface area contributed by atoms with Crippen molar-refractivity contribution in [3.05, 3.63) is 76.7 Å². The number of benzene rings is 2. The number of hydrogen-bond donors (Lipinski definition) is 0. The van der Waals surface area contributed by atoms with Gasteiger partial charge in [-0.25, -0.2) is 17.8 Å². The zero-order valence-corrected chi connectivity index (χ0v) is 21.3. The van der Waals surface area contributed by atoms with Crippen LogP contribution in [-0.4, -0.2) is 32.0 Å². The van der Waals surface area contributed by atoms with Crippen molar-refractivity contribution in [2.45, 2.75) is 39.0 Å². The number of pyridine rings is 1. The van der Waals surface area contributed by atoms with Gasteiger partial charge in [0, 0.05) is 24.1 Å². The molecule has 0 saturated heterocycles. The van der Waals surface area contributed by atoms with Crippen molar-refractivity contribution < 1.29 is 35.5 Å². The fourth-order valence-electron chi connectivity index (χ4n) is 4.39. The number of rotatable bonds is 9. The van der Waals surface area contributed by atoms with E-state index >= 15 is 0 Å². The van der Waals surface area contributed by atoms with Gasteiger partial charge >= 0.3 is 6.18 Å². The van der Waals surface area contributed by atoms with E-state index in [1.165, 1.54) is 24.3 Å². The number of alkyl halides is 3. The van der Waals surface area contributed by atoms with Crippen LogP contribution in [0.15, 0.2) is 48.7 Å². The van der Waals surface area contributed by atoms with Crippen LogP contribution in [0.2, 0.25) is 0 Å². The second-order valence-corrected chi connectivity index (χ2v) is 11.7. The highest BCUT2D eigenvalue weighted by molar-refractivity contribution is 7.90. The Morgan fingerprint density at radius 3 is 2.51 bits per heavy atom. The van der Waals surface area contributed by atoms with Crippen LogP contribution in [0.3, 0.4) is 0 Å². The van der Waals surface area contributed by atoms with E-state index in [2.05, 4.69) is 11.9 Å². The highest BCUT2D eigenvalue weighted by Gasteiger charge is 2.34. The fourth-order valence-corrected chi connectivity index (χ4v) is 5.04. The standard InChI is InChI=1S/C27H27F4NO4S/c1-17-10-19-13-26(32-15-20(19)11-17)36-16-21-12-18(4-7-25(21)28)23-6-5-22(14-24(23)27(29,30)31)35-8-3-9-37(2,33)34/h4-7,12-15,17H,3,8-11,16H2,1-2H3. The first-order chi connectivity index (χ1) is 17.4. The second kappa shape index (κ2) is 10.7. The summed E-state index contributed by atoms with van der Waals surface area (Å²) < 4.78 is 89.7. The van der Waals surface area contributed by atoms with Crippen molar-refractivity contribution >= 4 is 9.84 Å². The minimum absolute atomic E-state index is 0.0350. The van der Waals surface area contributed by atoms with Gasteiger partial charge in [-0.15, -0.1) is 0 Å². The molecular formula is C27H27F4NO4S. The van der Waals surface area contributed by atoms with Crippen LogP contribution in [0.4, 0.5) is 17.6 Å². The van der Waals surface area contributed by atoms with Crippen LogP contribution in [0.25, 0.3) is 11.1 Å². The molecule has 0 spiro atoms. The average molecular weight is 538 g/mol. The summed E-state index contributed by atoms with van der Waals surface area (Å²) in [5.41, 5.74) is 1.49.